The lowest BCUT2D eigenvalue weighted by atomic mass is 10.2. The largest absolute Gasteiger partial charge is 0.481 e. The molecule has 0 heterocycles. The van der Waals surface area contributed by atoms with Crippen LogP contribution in [0.4, 0.5) is 0 Å². The Morgan fingerprint density at radius 1 is 1.00 bits per heavy atom. The van der Waals surface area contributed by atoms with Gasteiger partial charge in [-0.25, -0.2) is 0 Å². The van der Waals surface area contributed by atoms with Crippen LogP contribution in [0.1, 0.15) is 32.1 Å². The summed E-state index contributed by atoms with van der Waals surface area (Å²) in [4.78, 5) is 20.1. The van der Waals surface area contributed by atoms with E-state index >= 15 is 0 Å². The number of hydrogen-bond donors (Lipinski definition) is 2. The van der Waals surface area contributed by atoms with Crippen molar-refractivity contribution in [3.8, 4) is 0 Å². The SMILES string of the molecule is O=C(O)CC=CCCCCC(=O)O. The van der Waals surface area contributed by atoms with Gasteiger partial charge in [-0.1, -0.05) is 12.2 Å². The summed E-state index contributed by atoms with van der Waals surface area (Å²) in [5, 5.41) is 16.6. The van der Waals surface area contributed by atoms with Crippen molar-refractivity contribution >= 4 is 11.9 Å². The molecule has 4 nitrogen and oxygen atoms in total. The molecule has 0 aliphatic rings. The average molecular weight is 186 g/mol. The molecular formula is C9H14O4. The fraction of sp³-hybridized carbons (Fsp3) is 0.556. The summed E-state index contributed by atoms with van der Waals surface area (Å²) in [5.41, 5.74) is 0. The summed E-state index contributed by atoms with van der Waals surface area (Å²) >= 11 is 0. The van der Waals surface area contributed by atoms with Gasteiger partial charge in [0.15, 0.2) is 0 Å². The van der Waals surface area contributed by atoms with E-state index in [1.165, 1.54) is 0 Å². The highest BCUT2D eigenvalue weighted by atomic mass is 16.4. The summed E-state index contributed by atoms with van der Waals surface area (Å²) in [6.07, 6.45) is 5.78. The van der Waals surface area contributed by atoms with E-state index in [2.05, 4.69) is 0 Å². The zero-order valence-electron chi connectivity index (χ0n) is 7.40. The van der Waals surface area contributed by atoms with E-state index in [0.717, 1.165) is 12.8 Å². The highest BCUT2D eigenvalue weighted by Crippen LogP contribution is 2.00. The fourth-order valence-electron chi connectivity index (χ4n) is 0.840. The maximum atomic E-state index is 10.1. The van der Waals surface area contributed by atoms with Gasteiger partial charge in [0.25, 0.3) is 0 Å². The molecule has 0 bridgehead atoms. The Kier molecular flexibility index (Phi) is 6.59. The smallest absolute Gasteiger partial charge is 0.307 e. The number of rotatable bonds is 7. The van der Waals surface area contributed by atoms with E-state index in [9.17, 15) is 9.59 Å². The van der Waals surface area contributed by atoms with Crippen molar-refractivity contribution in [2.45, 2.75) is 32.1 Å². The molecule has 0 fully saturated rings. The van der Waals surface area contributed by atoms with Crippen LogP contribution in [0.15, 0.2) is 12.2 Å². The maximum Gasteiger partial charge on any atom is 0.307 e. The van der Waals surface area contributed by atoms with E-state index < -0.39 is 11.9 Å². The summed E-state index contributed by atoms with van der Waals surface area (Å²) in [6, 6.07) is 0. The molecule has 0 saturated carbocycles. The summed E-state index contributed by atoms with van der Waals surface area (Å²) in [7, 11) is 0. The first-order chi connectivity index (χ1) is 6.13. The number of unbranched alkanes of at least 4 members (excludes halogenated alkanes) is 2. The molecule has 0 aromatic carbocycles. The van der Waals surface area contributed by atoms with Gasteiger partial charge in [-0.05, 0) is 19.3 Å². The van der Waals surface area contributed by atoms with Crippen molar-refractivity contribution in [1.29, 1.82) is 0 Å². The molecule has 0 aliphatic carbocycles. The lowest BCUT2D eigenvalue weighted by Crippen LogP contribution is -1.93. The minimum atomic E-state index is -0.846. The third-order valence-corrected chi connectivity index (χ3v) is 1.47. The lowest BCUT2D eigenvalue weighted by molar-refractivity contribution is -0.137. The zero-order chi connectivity index (χ0) is 10.1. The average Bonchev–Trinajstić information content (AvgIpc) is 2.01. The third kappa shape index (κ3) is 10.7. The number of aliphatic carboxylic acids is 2. The molecule has 0 aliphatic heterocycles. The van der Waals surface area contributed by atoms with Crippen LogP contribution in [0, 0.1) is 0 Å². The van der Waals surface area contributed by atoms with Gasteiger partial charge in [-0.2, -0.15) is 0 Å². The second-order valence-corrected chi connectivity index (χ2v) is 2.71. The van der Waals surface area contributed by atoms with Crippen LogP contribution in [-0.4, -0.2) is 22.2 Å². The molecule has 0 saturated heterocycles. The van der Waals surface area contributed by atoms with E-state index in [1.807, 2.05) is 0 Å². The van der Waals surface area contributed by atoms with Crippen LogP contribution in [0.5, 0.6) is 0 Å². The zero-order valence-corrected chi connectivity index (χ0v) is 7.40. The number of hydrogen-bond acceptors (Lipinski definition) is 2. The van der Waals surface area contributed by atoms with Crippen molar-refractivity contribution in [3.05, 3.63) is 12.2 Å². The number of carboxylic acids is 2. The second kappa shape index (κ2) is 7.34. The Hall–Kier alpha value is -1.32. The normalized spacial score (nSPS) is 10.5. The van der Waals surface area contributed by atoms with Crippen LogP contribution in [0.3, 0.4) is 0 Å². The molecule has 0 amide bonds. The Bertz CT molecular complexity index is 196. The highest BCUT2D eigenvalue weighted by molar-refractivity contribution is 5.68. The Balaban J connectivity index is 3.20. The highest BCUT2D eigenvalue weighted by Gasteiger charge is 1.94. The van der Waals surface area contributed by atoms with Gasteiger partial charge >= 0.3 is 11.9 Å². The molecule has 0 aromatic heterocycles. The fourth-order valence-corrected chi connectivity index (χ4v) is 0.840. The molecule has 13 heavy (non-hydrogen) atoms. The Labute approximate surface area is 76.9 Å². The molecule has 0 radical (unpaired) electrons. The van der Waals surface area contributed by atoms with Crippen molar-refractivity contribution in [2.24, 2.45) is 0 Å². The quantitative estimate of drug-likeness (QED) is 0.468. The number of carboxylic acid groups (broad SMARTS) is 2. The summed E-state index contributed by atoms with van der Waals surface area (Å²) < 4.78 is 0. The van der Waals surface area contributed by atoms with E-state index in [0.29, 0.717) is 6.42 Å². The van der Waals surface area contributed by atoms with E-state index in [-0.39, 0.29) is 12.8 Å². The molecule has 0 unspecified atom stereocenters. The van der Waals surface area contributed by atoms with Crippen molar-refractivity contribution in [2.75, 3.05) is 0 Å². The predicted octanol–water partition coefficient (Wildman–Crippen LogP) is 1.66. The van der Waals surface area contributed by atoms with Crippen molar-refractivity contribution < 1.29 is 19.8 Å². The van der Waals surface area contributed by atoms with Crippen LogP contribution >= 0.6 is 0 Å². The molecular weight excluding hydrogens is 172 g/mol. The molecule has 0 rings (SSSR count). The van der Waals surface area contributed by atoms with Crippen molar-refractivity contribution in [3.63, 3.8) is 0 Å². The van der Waals surface area contributed by atoms with Gasteiger partial charge in [0.2, 0.25) is 0 Å². The molecule has 2 N–H and O–H groups in total. The molecule has 0 atom stereocenters. The van der Waals surface area contributed by atoms with Gasteiger partial charge in [-0.15, -0.1) is 0 Å². The van der Waals surface area contributed by atoms with Crippen LogP contribution in [0.2, 0.25) is 0 Å². The Morgan fingerprint density at radius 3 is 2.23 bits per heavy atom. The van der Waals surface area contributed by atoms with Gasteiger partial charge in [0, 0.05) is 6.42 Å². The van der Waals surface area contributed by atoms with Crippen LogP contribution < -0.4 is 0 Å². The van der Waals surface area contributed by atoms with Gasteiger partial charge in [-0.3, -0.25) is 9.59 Å². The van der Waals surface area contributed by atoms with Gasteiger partial charge < -0.3 is 10.2 Å². The molecule has 0 aromatic rings. The maximum absolute atomic E-state index is 10.1. The predicted molar refractivity (Wildman–Crippen MR) is 47.5 cm³/mol. The first-order valence-electron chi connectivity index (χ1n) is 4.21. The second-order valence-electron chi connectivity index (χ2n) is 2.71. The van der Waals surface area contributed by atoms with Crippen LogP contribution in [0.25, 0.3) is 0 Å². The lowest BCUT2D eigenvalue weighted by Gasteiger charge is -1.92. The Morgan fingerprint density at radius 2 is 1.69 bits per heavy atom. The number of allylic oxidation sites excluding steroid dienone is 1. The minimum absolute atomic E-state index is 0.0406. The third-order valence-electron chi connectivity index (χ3n) is 1.47. The first-order valence-corrected chi connectivity index (χ1v) is 4.21. The van der Waals surface area contributed by atoms with E-state index in [1.54, 1.807) is 12.2 Å². The summed E-state index contributed by atoms with van der Waals surface area (Å²) in [6.45, 7) is 0. The first kappa shape index (κ1) is 11.7. The van der Waals surface area contributed by atoms with Gasteiger partial charge in [0.1, 0.15) is 0 Å². The topological polar surface area (TPSA) is 74.6 Å². The van der Waals surface area contributed by atoms with E-state index in [4.69, 9.17) is 10.2 Å². The molecule has 0 spiro atoms. The molecule has 74 valence electrons. The monoisotopic (exact) mass is 186 g/mol. The van der Waals surface area contributed by atoms with Gasteiger partial charge in [0.05, 0.1) is 6.42 Å². The number of carbonyl (C=O) groups is 2. The standard InChI is InChI=1S/C9H14O4/c10-8(11)6-4-2-1-3-5-7-9(12)13/h2,4H,1,3,5-7H2,(H,10,11)(H,12,13). The molecule has 4 heteroatoms. The minimum Gasteiger partial charge on any atom is -0.481 e. The van der Waals surface area contributed by atoms with Crippen LogP contribution in [-0.2, 0) is 9.59 Å². The summed E-state index contributed by atoms with van der Waals surface area (Å²) in [5.74, 6) is -1.63. The van der Waals surface area contributed by atoms with Crippen molar-refractivity contribution in [1.82, 2.24) is 0 Å².